The zero-order valence-corrected chi connectivity index (χ0v) is 13.7. The van der Waals surface area contributed by atoms with Gasteiger partial charge in [0, 0.05) is 18.7 Å². The maximum atomic E-state index is 5.99. The minimum atomic E-state index is -0.0243. The number of likely N-dealkylation sites (N-methyl/N-ethyl adjacent to an activating group) is 1. The van der Waals surface area contributed by atoms with E-state index in [0.29, 0.717) is 19.1 Å². The molecule has 1 aromatic carbocycles. The predicted octanol–water partition coefficient (Wildman–Crippen LogP) is 3.04. The maximum absolute atomic E-state index is 5.99. The van der Waals surface area contributed by atoms with Crippen LogP contribution in [0.4, 0.5) is 0 Å². The second-order valence-corrected chi connectivity index (χ2v) is 5.38. The van der Waals surface area contributed by atoms with E-state index in [1.165, 1.54) is 0 Å². The van der Waals surface area contributed by atoms with Crippen LogP contribution in [0.5, 0.6) is 5.75 Å². The summed E-state index contributed by atoms with van der Waals surface area (Å²) < 4.78 is 17.0. The fraction of sp³-hybridized carbons (Fsp3) is 0.647. The SMILES string of the molecule is CCNCC(OCCOCC(C)C)c1ccccc1OC. The first-order valence-corrected chi connectivity index (χ1v) is 7.72. The average molecular weight is 295 g/mol. The lowest BCUT2D eigenvalue weighted by molar-refractivity contribution is -0.00189. The van der Waals surface area contributed by atoms with E-state index in [1.54, 1.807) is 7.11 Å². The zero-order chi connectivity index (χ0) is 15.5. The number of hydrogen-bond acceptors (Lipinski definition) is 4. The highest BCUT2D eigenvalue weighted by atomic mass is 16.5. The zero-order valence-electron chi connectivity index (χ0n) is 13.7. The fourth-order valence-corrected chi connectivity index (χ4v) is 2.03. The van der Waals surface area contributed by atoms with Crippen molar-refractivity contribution in [1.29, 1.82) is 0 Å². The van der Waals surface area contributed by atoms with Crippen LogP contribution in [0.15, 0.2) is 24.3 Å². The molecule has 0 amide bonds. The number of benzene rings is 1. The van der Waals surface area contributed by atoms with Gasteiger partial charge in [0.05, 0.1) is 26.4 Å². The van der Waals surface area contributed by atoms with Gasteiger partial charge in [-0.1, -0.05) is 39.0 Å². The summed E-state index contributed by atoms with van der Waals surface area (Å²) in [6.07, 6.45) is -0.0243. The highest BCUT2D eigenvalue weighted by Gasteiger charge is 2.15. The maximum Gasteiger partial charge on any atom is 0.124 e. The van der Waals surface area contributed by atoms with E-state index in [2.05, 4.69) is 32.2 Å². The average Bonchev–Trinajstić information content (AvgIpc) is 2.49. The Morgan fingerprint density at radius 3 is 2.57 bits per heavy atom. The van der Waals surface area contributed by atoms with Crippen LogP contribution in [-0.2, 0) is 9.47 Å². The van der Waals surface area contributed by atoms with Crippen molar-refractivity contribution in [3.8, 4) is 5.75 Å². The molecule has 1 aromatic rings. The summed E-state index contributed by atoms with van der Waals surface area (Å²) in [6, 6.07) is 8.00. The number of rotatable bonds is 11. The van der Waals surface area contributed by atoms with Crippen LogP contribution in [-0.4, -0.2) is 40.0 Å². The molecule has 0 fully saturated rings. The molecule has 120 valence electrons. The Hall–Kier alpha value is -1.10. The molecule has 0 aliphatic rings. The van der Waals surface area contributed by atoms with Crippen LogP contribution in [0.3, 0.4) is 0 Å². The molecular formula is C17H29NO3. The van der Waals surface area contributed by atoms with Crippen molar-refractivity contribution in [2.75, 3.05) is 40.0 Å². The Morgan fingerprint density at radius 2 is 1.90 bits per heavy atom. The Morgan fingerprint density at radius 1 is 1.14 bits per heavy atom. The number of para-hydroxylation sites is 1. The molecule has 0 heterocycles. The smallest absolute Gasteiger partial charge is 0.124 e. The summed E-state index contributed by atoms with van der Waals surface area (Å²) >= 11 is 0. The van der Waals surface area contributed by atoms with Crippen LogP contribution in [0, 0.1) is 5.92 Å². The van der Waals surface area contributed by atoms with Gasteiger partial charge < -0.3 is 19.5 Å². The summed E-state index contributed by atoms with van der Waals surface area (Å²) in [4.78, 5) is 0. The lowest BCUT2D eigenvalue weighted by Crippen LogP contribution is -2.24. The van der Waals surface area contributed by atoms with E-state index in [4.69, 9.17) is 14.2 Å². The molecule has 0 radical (unpaired) electrons. The molecule has 0 bridgehead atoms. The summed E-state index contributed by atoms with van der Waals surface area (Å²) in [7, 11) is 1.69. The molecule has 1 rings (SSSR count). The van der Waals surface area contributed by atoms with Gasteiger partial charge in [-0.2, -0.15) is 0 Å². The number of hydrogen-bond donors (Lipinski definition) is 1. The highest BCUT2D eigenvalue weighted by molar-refractivity contribution is 5.35. The second kappa shape index (κ2) is 10.6. The first kappa shape index (κ1) is 18.0. The van der Waals surface area contributed by atoms with Gasteiger partial charge in [0.2, 0.25) is 0 Å². The van der Waals surface area contributed by atoms with Crippen LogP contribution in [0.2, 0.25) is 0 Å². The third-order valence-corrected chi connectivity index (χ3v) is 3.06. The number of methoxy groups -OCH3 is 1. The molecule has 21 heavy (non-hydrogen) atoms. The lowest BCUT2D eigenvalue weighted by atomic mass is 10.1. The van der Waals surface area contributed by atoms with Crippen molar-refractivity contribution < 1.29 is 14.2 Å². The van der Waals surface area contributed by atoms with Gasteiger partial charge >= 0.3 is 0 Å². The third-order valence-electron chi connectivity index (χ3n) is 3.06. The van der Waals surface area contributed by atoms with Crippen molar-refractivity contribution in [3.05, 3.63) is 29.8 Å². The molecule has 4 nitrogen and oxygen atoms in total. The van der Waals surface area contributed by atoms with Crippen molar-refractivity contribution in [2.24, 2.45) is 5.92 Å². The predicted molar refractivity (Wildman–Crippen MR) is 85.9 cm³/mol. The molecule has 1 N–H and O–H groups in total. The molecule has 0 saturated heterocycles. The standard InChI is InChI=1S/C17H29NO3/c1-5-18-12-17(21-11-10-20-13-14(2)3)15-8-6-7-9-16(15)19-4/h6-9,14,17-18H,5,10-13H2,1-4H3. The normalized spacial score (nSPS) is 12.6. The minimum absolute atomic E-state index is 0.0243. The van der Waals surface area contributed by atoms with Crippen LogP contribution in [0.1, 0.15) is 32.4 Å². The van der Waals surface area contributed by atoms with Crippen LogP contribution in [0.25, 0.3) is 0 Å². The second-order valence-electron chi connectivity index (χ2n) is 5.38. The molecular weight excluding hydrogens is 266 g/mol. The number of ether oxygens (including phenoxy) is 3. The van der Waals surface area contributed by atoms with E-state index in [0.717, 1.165) is 31.0 Å². The summed E-state index contributed by atoms with van der Waals surface area (Å²) in [5, 5.41) is 3.34. The topological polar surface area (TPSA) is 39.7 Å². The molecule has 0 aromatic heterocycles. The first-order valence-electron chi connectivity index (χ1n) is 7.72. The van der Waals surface area contributed by atoms with Gasteiger partial charge in [0.15, 0.2) is 0 Å². The van der Waals surface area contributed by atoms with Crippen molar-refractivity contribution in [1.82, 2.24) is 5.32 Å². The van der Waals surface area contributed by atoms with Crippen LogP contribution >= 0.6 is 0 Å². The molecule has 0 aliphatic carbocycles. The fourth-order valence-electron chi connectivity index (χ4n) is 2.03. The molecule has 1 unspecified atom stereocenters. The van der Waals surface area contributed by atoms with Gasteiger partial charge in [-0.3, -0.25) is 0 Å². The first-order chi connectivity index (χ1) is 10.2. The summed E-state index contributed by atoms with van der Waals surface area (Å²) in [5.41, 5.74) is 1.07. The van der Waals surface area contributed by atoms with Gasteiger partial charge in [-0.25, -0.2) is 0 Å². The Labute approximate surface area is 128 Å². The minimum Gasteiger partial charge on any atom is -0.496 e. The van der Waals surface area contributed by atoms with Crippen molar-refractivity contribution >= 4 is 0 Å². The van der Waals surface area contributed by atoms with E-state index in [9.17, 15) is 0 Å². The Kier molecular flexibility index (Phi) is 9.06. The monoisotopic (exact) mass is 295 g/mol. The molecule has 1 atom stereocenters. The summed E-state index contributed by atoms with van der Waals surface area (Å²) in [5.74, 6) is 1.42. The highest BCUT2D eigenvalue weighted by Crippen LogP contribution is 2.26. The van der Waals surface area contributed by atoms with Gasteiger partial charge in [-0.05, 0) is 18.5 Å². The molecule has 0 spiro atoms. The van der Waals surface area contributed by atoms with Crippen molar-refractivity contribution in [3.63, 3.8) is 0 Å². The Bertz CT molecular complexity index is 382. The number of nitrogens with one attached hydrogen (secondary N) is 1. The Balaban J connectivity index is 2.54. The largest absolute Gasteiger partial charge is 0.496 e. The molecule has 4 heteroatoms. The van der Waals surface area contributed by atoms with Gasteiger partial charge in [0.25, 0.3) is 0 Å². The third kappa shape index (κ3) is 6.93. The quantitative estimate of drug-likeness (QED) is 0.637. The van der Waals surface area contributed by atoms with Gasteiger partial charge in [0.1, 0.15) is 5.75 Å². The van der Waals surface area contributed by atoms with E-state index in [-0.39, 0.29) is 6.10 Å². The van der Waals surface area contributed by atoms with E-state index >= 15 is 0 Å². The van der Waals surface area contributed by atoms with Crippen LogP contribution < -0.4 is 10.1 Å². The summed E-state index contributed by atoms with van der Waals surface area (Å²) in [6.45, 7) is 10.0. The lowest BCUT2D eigenvalue weighted by Gasteiger charge is -2.21. The van der Waals surface area contributed by atoms with Crippen molar-refractivity contribution in [2.45, 2.75) is 26.9 Å². The van der Waals surface area contributed by atoms with Gasteiger partial charge in [-0.15, -0.1) is 0 Å². The molecule has 0 aliphatic heterocycles. The van der Waals surface area contributed by atoms with E-state index < -0.39 is 0 Å². The van der Waals surface area contributed by atoms with E-state index in [1.807, 2.05) is 18.2 Å². The molecule has 0 saturated carbocycles.